The van der Waals surface area contributed by atoms with Crippen molar-refractivity contribution in [2.75, 3.05) is 0 Å². The van der Waals surface area contributed by atoms with Gasteiger partial charge in [-0.2, -0.15) is 0 Å². The van der Waals surface area contributed by atoms with E-state index in [0.29, 0.717) is 17.1 Å². The number of rotatable bonds is 1. The molecule has 0 atom stereocenters. The molecule has 3 rings (SSSR count). The predicted octanol–water partition coefficient (Wildman–Crippen LogP) is 1.01. The number of aromatic nitrogens is 4. The molecule has 1 saturated carbocycles. The molecule has 0 unspecified atom stereocenters. The SMILES string of the molecule is Cn1c(=O)c2[nH]c(C3CCCCC3)nc2n(C)c1=O. The average Bonchev–Trinajstić information content (AvgIpc) is 2.89. The van der Waals surface area contributed by atoms with Gasteiger partial charge in [0.05, 0.1) is 0 Å². The number of imidazole rings is 1. The van der Waals surface area contributed by atoms with Crippen molar-refractivity contribution in [2.45, 2.75) is 38.0 Å². The minimum atomic E-state index is -0.334. The molecule has 19 heavy (non-hydrogen) atoms. The molecule has 0 bridgehead atoms. The fourth-order valence-corrected chi connectivity index (χ4v) is 2.91. The zero-order chi connectivity index (χ0) is 13.6. The van der Waals surface area contributed by atoms with E-state index in [1.165, 1.54) is 30.9 Å². The highest BCUT2D eigenvalue weighted by Crippen LogP contribution is 2.31. The lowest BCUT2D eigenvalue weighted by molar-refractivity contribution is 0.431. The van der Waals surface area contributed by atoms with Crippen LogP contribution in [0.25, 0.3) is 11.2 Å². The van der Waals surface area contributed by atoms with Crippen LogP contribution in [0, 0.1) is 0 Å². The summed E-state index contributed by atoms with van der Waals surface area (Å²) in [5.74, 6) is 1.24. The zero-order valence-corrected chi connectivity index (χ0v) is 11.3. The highest BCUT2D eigenvalue weighted by Gasteiger charge is 2.21. The minimum Gasteiger partial charge on any atom is -0.336 e. The first-order valence-corrected chi connectivity index (χ1v) is 6.75. The number of nitrogens with one attached hydrogen (secondary N) is 1. The van der Waals surface area contributed by atoms with Gasteiger partial charge in [-0.25, -0.2) is 9.78 Å². The first-order valence-electron chi connectivity index (χ1n) is 6.75. The fourth-order valence-electron chi connectivity index (χ4n) is 2.91. The van der Waals surface area contributed by atoms with Crippen molar-refractivity contribution >= 4 is 11.2 Å². The van der Waals surface area contributed by atoms with Crippen LogP contribution in [0.5, 0.6) is 0 Å². The Morgan fingerprint density at radius 1 is 1.11 bits per heavy atom. The van der Waals surface area contributed by atoms with Crippen molar-refractivity contribution in [3.63, 3.8) is 0 Å². The highest BCUT2D eigenvalue weighted by molar-refractivity contribution is 5.69. The van der Waals surface area contributed by atoms with Gasteiger partial charge in [0.1, 0.15) is 11.3 Å². The average molecular weight is 262 g/mol. The van der Waals surface area contributed by atoms with Gasteiger partial charge >= 0.3 is 5.69 Å². The van der Waals surface area contributed by atoms with E-state index in [9.17, 15) is 9.59 Å². The third-order valence-electron chi connectivity index (χ3n) is 4.10. The normalized spacial score (nSPS) is 17.2. The van der Waals surface area contributed by atoms with Crippen LogP contribution in [0.2, 0.25) is 0 Å². The predicted molar refractivity (Wildman–Crippen MR) is 72.4 cm³/mol. The lowest BCUT2D eigenvalue weighted by atomic mass is 9.89. The lowest BCUT2D eigenvalue weighted by Gasteiger charge is -2.18. The van der Waals surface area contributed by atoms with E-state index in [2.05, 4.69) is 9.97 Å². The molecule has 102 valence electrons. The highest BCUT2D eigenvalue weighted by atomic mass is 16.2. The number of H-pyrrole nitrogens is 1. The Balaban J connectivity index is 2.20. The molecule has 6 nitrogen and oxygen atoms in total. The summed E-state index contributed by atoms with van der Waals surface area (Å²) in [5.41, 5.74) is 0.269. The second kappa shape index (κ2) is 4.36. The molecule has 0 spiro atoms. The van der Waals surface area contributed by atoms with Crippen LogP contribution in [0.3, 0.4) is 0 Å². The van der Waals surface area contributed by atoms with Gasteiger partial charge in [-0.1, -0.05) is 19.3 Å². The topological polar surface area (TPSA) is 72.7 Å². The molecule has 0 aromatic carbocycles. The zero-order valence-electron chi connectivity index (χ0n) is 11.3. The Kier molecular flexibility index (Phi) is 2.80. The summed E-state index contributed by atoms with van der Waals surface area (Å²) in [6, 6.07) is 0. The molecule has 0 saturated heterocycles. The van der Waals surface area contributed by atoms with Crippen LogP contribution in [-0.2, 0) is 14.1 Å². The maximum atomic E-state index is 12.1. The van der Waals surface area contributed by atoms with Crippen molar-refractivity contribution in [1.82, 2.24) is 19.1 Å². The summed E-state index contributed by atoms with van der Waals surface area (Å²) in [6.45, 7) is 0. The van der Waals surface area contributed by atoms with Gasteiger partial charge in [-0.3, -0.25) is 13.9 Å². The Labute approximate surface area is 110 Å². The molecule has 1 aliphatic rings. The van der Waals surface area contributed by atoms with E-state index in [0.717, 1.165) is 23.2 Å². The molecule has 1 aliphatic carbocycles. The summed E-state index contributed by atoms with van der Waals surface area (Å²) < 4.78 is 2.55. The first-order chi connectivity index (χ1) is 9.09. The Hall–Kier alpha value is -1.85. The number of aryl methyl sites for hydroxylation is 1. The van der Waals surface area contributed by atoms with Crippen molar-refractivity contribution in [1.29, 1.82) is 0 Å². The van der Waals surface area contributed by atoms with E-state index in [1.807, 2.05) is 0 Å². The van der Waals surface area contributed by atoms with Gasteiger partial charge in [0, 0.05) is 20.0 Å². The summed E-state index contributed by atoms with van der Waals surface area (Å²) >= 11 is 0. The minimum absolute atomic E-state index is 0.298. The van der Waals surface area contributed by atoms with E-state index in [-0.39, 0.29) is 11.2 Å². The van der Waals surface area contributed by atoms with E-state index < -0.39 is 0 Å². The summed E-state index contributed by atoms with van der Waals surface area (Å²) in [5, 5.41) is 0. The molecule has 0 amide bonds. The van der Waals surface area contributed by atoms with Gasteiger partial charge in [0.2, 0.25) is 0 Å². The van der Waals surface area contributed by atoms with Gasteiger partial charge in [0.25, 0.3) is 5.56 Å². The molecular weight excluding hydrogens is 244 g/mol. The van der Waals surface area contributed by atoms with Crippen LogP contribution < -0.4 is 11.2 Å². The Morgan fingerprint density at radius 3 is 2.47 bits per heavy atom. The van der Waals surface area contributed by atoms with Gasteiger partial charge in [-0.15, -0.1) is 0 Å². The summed E-state index contributed by atoms with van der Waals surface area (Å²) in [7, 11) is 3.14. The number of fused-ring (bicyclic) bond motifs is 1. The fraction of sp³-hybridized carbons (Fsp3) is 0.615. The third kappa shape index (κ3) is 1.82. The van der Waals surface area contributed by atoms with Crippen LogP contribution in [0.4, 0.5) is 0 Å². The number of aromatic amines is 1. The van der Waals surface area contributed by atoms with E-state index >= 15 is 0 Å². The largest absolute Gasteiger partial charge is 0.336 e. The van der Waals surface area contributed by atoms with E-state index in [4.69, 9.17) is 0 Å². The van der Waals surface area contributed by atoms with Crippen LogP contribution >= 0.6 is 0 Å². The first kappa shape index (κ1) is 12.2. The molecule has 1 fully saturated rings. The maximum Gasteiger partial charge on any atom is 0.332 e. The van der Waals surface area contributed by atoms with Gasteiger partial charge in [0.15, 0.2) is 5.65 Å². The van der Waals surface area contributed by atoms with Gasteiger partial charge in [-0.05, 0) is 12.8 Å². The monoisotopic (exact) mass is 262 g/mol. The molecule has 2 heterocycles. The van der Waals surface area contributed by atoms with E-state index in [1.54, 1.807) is 7.05 Å². The molecule has 2 aromatic rings. The molecule has 6 heteroatoms. The van der Waals surface area contributed by atoms with Crippen LogP contribution in [0.1, 0.15) is 43.8 Å². The summed E-state index contributed by atoms with van der Waals surface area (Å²) in [4.78, 5) is 31.6. The molecule has 0 aliphatic heterocycles. The maximum absolute atomic E-state index is 12.1. The number of hydrogen-bond acceptors (Lipinski definition) is 3. The Morgan fingerprint density at radius 2 is 1.79 bits per heavy atom. The van der Waals surface area contributed by atoms with Crippen molar-refractivity contribution in [2.24, 2.45) is 14.1 Å². The number of nitrogens with zero attached hydrogens (tertiary/aromatic N) is 3. The van der Waals surface area contributed by atoms with Crippen molar-refractivity contribution < 1.29 is 0 Å². The van der Waals surface area contributed by atoms with Crippen molar-refractivity contribution in [3.8, 4) is 0 Å². The third-order valence-corrected chi connectivity index (χ3v) is 4.10. The molecule has 0 radical (unpaired) electrons. The molecular formula is C13H18N4O2. The van der Waals surface area contributed by atoms with Crippen LogP contribution in [-0.4, -0.2) is 19.1 Å². The van der Waals surface area contributed by atoms with Crippen LogP contribution in [0.15, 0.2) is 9.59 Å². The second-order valence-corrected chi connectivity index (χ2v) is 5.36. The summed E-state index contributed by atoms with van der Waals surface area (Å²) in [6.07, 6.45) is 5.90. The standard InChI is InChI=1S/C13H18N4O2/c1-16-11-9(12(18)17(2)13(16)19)14-10(15-11)8-6-4-3-5-7-8/h8H,3-7H2,1-2H3,(H,14,15). The molecule has 2 aromatic heterocycles. The second-order valence-electron chi connectivity index (χ2n) is 5.36. The Bertz CT molecular complexity index is 731. The lowest BCUT2D eigenvalue weighted by Crippen LogP contribution is -2.36. The van der Waals surface area contributed by atoms with Crippen molar-refractivity contribution in [3.05, 3.63) is 26.7 Å². The van der Waals surface area contributed by atoms with Gasteiger partial charge < -0.3 is 4.98 Å². The quantitative estimate of drug-likeness (QED) is 0.833. The number of hydrogen-bond donors (Lipinski definition) is 1. The molecule has 1 N–H and O–H groups in total. The smallest absolute Gasteiger partial charge is 0.332 e.